The molecule has 0 atom stereocenters. The first kappa shape index (κ1) is 18.5. The van der Waals surface area contributed by atoms with Crippen LogP contribution in [0.4, 0.5) is 0 Å². The summed E-state index contributed by atoms with van der Waals surface area (Å²) >= 11 is 0. The number of rotatable bonds is 6. The summed E-state index contributed by atoms with van der Waals surface area (Å²) in [4.78, 5) is 0. The molecule has 2 aliphatic carbocycles. The molecule has 0 bridgehead atoms. The van der Waals surface area contributed by atoms with Crippen molar-refractivity contribution < 1.29 is 17.1 Å². The van der Waals surface area contributed by atoms with Gasteiger partial charge in [-0.05, 0) is 0 Å². The molecule has 106 valence electrons. The van der Waals surface area contributed by atoms with Gasteiger partial charge >= 0.3 is 17.1 Å². The van der Waals surface area contributed by atoms with E-state index in [1.807, 2.05) is 0 Å². The maximum atomic E-state index is 3.30. The van der Waals surface area contributed by atoms with Crippen LogP contribution in [0.1, 0.15) is 65.2 Å². The van der Waals surface area contributed by atoms with E-state index in [4.69, 9.17) is 0 Å². The van der Waals surface area contributed by atoms with Crippen molar-refractivity contribution >= 4 is 0 Å². The minimum atomic E-state index is 0. The van der Waals surface area contributed by atoms with E-state index in [0.29, 0.717) is 0 Å². The number of hydrogen-bond acceptors (Lipinski definition) is 0. The third kappa shape index (κ3) is 9.08. The van der Waals surface area contributed by atoms with E-state index in [0.717, 1.165) is 12.8 Å². The van der Waals surface area contributed by atoms with E-state index in [9.17, 15) is 0 Å². The van der Waals surface area contributed by atoms with Crippen LogP contribution < -0.4 is 0 Å². The Morgan fingerprint density at radius 2 is 1.26 bits per heavy atom. The maximum absolute atomic E-state index is 3.30. The summed E-state index contributed by atoms with van der Waals surface area (Å²) in [7, 11) is 0. The Morgan fingerprint density at radius 3 is 1.53 bits per heavy atom. The molecule has 0 aromatic carbocycles. The number of allylic oxidation sites excluding steroid dienone is 8. The van der Waals surface area contributed by atoms with Crippen molar-refractivity contribution in [2.45, 2.75) is 65.2 Å². The Bertz CT molecular complexity index is 298. The third-order valence-corrected chi connectivity index (χ3v) is 3.13. The van der Waals surface area contributed by atoms with Gasteiger partial charge in [0.1, 0.15) is 0 Å². The van der Waals surface area contributed by atoms with E-state index < -0.39 is 0 Å². The zero-order valence-corrected chi connectivity index (χ0v) is 13.4. The van der Waals surface area contributed by atoms with Crippen LogP contribution in [0.2, 0.25) is 0 Å². The second-order valence-corrected chi connectivity index (χ2v) is 4.82. The molecule has 0 heterocycles. The molecule has 0 N–H and O–H groups in total. The van der Waals surface area contributed by atoms with E-state index in [1.165, 1.54) is 49.7 Å². The molecular weight excluding hydrogens is 272 g/mol. The largest absolute Gasteiger partial charge is 2.00 e. The molecule has 0 spiro atoms. The second-order valence-electron chi connectivity index (χ2n) is 4.82. The average Bonchev–Trinajstić information content (AvgIpc) is 3.07. The van der Waals surface area contributed by atoms with Gasteiger partial charge in [-0.1, -0.05) is 52.4 Å². The van der Waals surface area contributed by atoms with Gasteiger partial charge < -0.3 is 0 Å². The average molecular weight is 298 g/mol. The number of hydrogen-bond donors (Lipinski definition) is 0. The van der Waals surface area contributed by atoms with Gasteiger partial charge in [-0.25, -0.2) is 23.3 Å². The fourth-order valence-corrected chi connectivity index (χ4v) is 1.98. The van der Waals surface area contributed by atoms with Gasteiger partial charge in [0.25, 0.3) is 0 Å². The first-order valence-electron chi connectivity index (χ1n) is 7.39. The van der Waals surface area contributed by atoms with E-state index in [1.54, 1.807) is 0 Å². The molecule has 2 rings (SSSR count). The fraction of sp³-hybridized carbons (Fsp3) is 0.556. The molecule has 0 unspecified atom stereocenters. The van der Waals surface area contributed by atoms with Crippen LogP contribution in [-0.4, -0.2) is 0 Å². The summed E-state index contributed by atoms with van der Waals surface area (Å²) in [6, 6.07) is 0. The summed E-state index contributed by atoms with van der Waals surface area (Å²) in [5.41, 5.74) is 2.83. The van der Waals surface area contributed by atoms with Crippen LogP contribution in [0.15, 0.2) is 35.5 Å². The van der Waals surface area contributed by atoms with E-state index >= 15 is 0 Å². The molecule has 0 saturated carbocycles. The van der Waals surface area contributed by atoms with Crippen LogP contribution in [0, 0.1) is 12.2 Å². The molecular formula is C18H26Fe. The maximum Gasteiger partial charge on any atom is 2.00 e. The molecule has 19 heavy (non-hydrogen) atoms. The fourth-order valence-electron chi connectivity index (χ4n) is 1.98. The smallest absolute Gasteiger partial charge is 0.269 e. The molecule has 0 aromatic heterocycles. The van der Waals surface area contributed by atoms with E-state index in [-0.39, 0.29) is 17.1 Å². The molecule has 0 radical (unpaired) electrons. The molecule has 2 aliphatic rings. The summed E-state index contributed by atoms with van der Waals surface area (Å²) in [6.45, 7) is 4.44. The van der Waals surface area contributed by atoms with Gasteiger partial charge in [0.15, 0.2) is 0 Å². The van der Waals surface area contributed by atoms with Crippen LogP contribution in [0.25, 0.3) is 0 Å². The molecule has 0 aliphatic heterocycles. The molecule has 1 heteroatoms. The van der Waals surface area contributed by atoms with Crippen molar-refractivity contribution in [1.82, 2.24) is 0 Å². The molecule has 0 saturated heterocycles. The van der Waals surface area contributed by atoms with Crippen molar-refractivity contribution in [2.75, 3.05) is 0 Å². The first-order chi connectivity index (χ1) is 8.86. The first-order valence-corrected chi connectivity index (χ1v) is 7.39. The molecule has 0 fully saturated rings. The normalized spacial score (nSPS) is 15.5. The zero-order chi connectivity index (χ0) is 13.1. The van der Waals surface area contributed by atoms with Crippen molar-refractivity contribution in [3.05, 3.63) is 47.6 Å². The standard InChI is InChI=1S/2C9H13.Fe/c2*1-2-3-6-9-7-4-5-8-9;/h2*4,7H,2-3,5-6H2,1H3;/q2*-1;+2. The molecule has 0 aromatic rings. The van der Waals surface area contributed by atoms with Gasteiger partial charge in [-0.15, -0.1) is 12.8 Å². The Balaban J connectivity index is 0.000000324. The van der Waals surface area contributed by atoms with Crippen LogP contribution in [-0.2, 0) is 17.1 Å². The van der Waals surface area contributed by atoms with Gasteiger partial charge in [0.05, 0.1) is 0 Å². The van der Waals surface area contributed by atoms with Gasteiger partial charge in [-0.3, -0.25) is 12.2 Å². The summed E-state index contributed by atoms with van der Waals surface area (Å²) in [6.07, 6.45) is 25.1. The zero-order valence-electron chi connectivity index (χ0n) is 12.3. The molecule has 0 nitrogen and oxygen atoms in total. The topological polar surface area (TPSA) is 0 Å². The van der Waals surface area contributed by atoms with Crippen molar-refractivity contribution in [2.24, 2.45) is 0 Å². The van der Waals surface area contributed by atoms with Crippen molar-refractivity contribution in [3.8, 4) is 0 Å². The summed E-state index contributed by atoms with van der Waals surface area (Å²) in [5, 5.41) is 0. The van der Waals surface area contributed by atoms with Crippen molar-refractivity contribution in [3.63, 3.8) is 0 Å². The SMILES string of the molecule is CCCCC1=[C-]CC=C1.CCCCC1=[C-]CC=C1.[Fe+2]. The Hall–Kier alpha value is -0.521. The quantitative estimate of drug-likeness (QED) is 0.434. The number of unbranched alkanes of at least 4 members (excludes halogenated alkanes) is 2. The second kappa shape index (κ2) is 12.5. The summed E-state index contributed by atoms with van der Waals surface area (Å²) < 4.78 is 0. The Morgan fingerprint density at radius 1 is 0.842 bits per heavy atom. The third-order valence-electron chi connectivity index (χ3n) is 3.13. The predicted molar refractivity (Wildman–Crippen MR) is 80.1 cm³/mol. The summed E-state index contributed by atoms with van der Waals surface area (Å²) in [5.74, 6) is 0. The Kier molecular flexibility index (Phi) is 12.2. The Labute approximate surface area is 130 Å². The predicted octanol–water partition coefficient (Wildman–Crippen LogP) is 5.73. The molecule has 0 amide bonds. The van der Waals surface area contributed by atoms with Crippen LogP contribution >= 0.6 is 0 Å². The van der Waals surface area contributed by atoms with Gasteiger partial charge in [0, 0.05) is 0 Å². The monoisotopic (exact) mass is 298 g/mol. The van der Waals surface area contributed by atoms with Crippen molar-refractivity contribution in [1.29, 1.82) is 0 Å². The minimum absolute atomic E-state index is 0. The van der Waals surface area contributed by atoms with Gasteiger partial charge in [-0.2, -0.15) is 12.2 Å². The minimum Gasteiger partial charge on any atom is -0.269 e. The van der Waals surface area contributed by atoms with E-state index in [2.05, 4.69) is 50.3 Å². The van der Waals surface area contributed by atoms with Crippen LogP contribution in [0.3, 0.4) is 0 Å². The van der Waals surface area contributed by atoms with Crippen LogP contribution in [0.5, 0.6) is 0 Å². The van der Waals surface area contributed by atoms with Gasteiger partial charge in [0.2, 0.25) is 0 Å².